The van der Waals surface area contributed by atoms with Crippen LogP contribution in [0.5, 0.6) is 5.75 Å². The molecular weight excluding hydrogens is 612 g/mol. The molecule has 0 aromatic heterocycles. The van der Waals surface area contributed by atoms with Gasteiger partial charge in [0.25, 0.3) is 5.91 Å². The van der Waals surface area contributed by atoms with Crippen molar-refractivity contribution in [3.8, 4) is 17.6 Å². The van der Waals surface area contributed by atoms with Crippen molar-refractivity contribution in [2.45, 2.75) is 141 Å². The molecule has 0 radical (unpaired) electrons. The Labute approximate surface area is 286 Å². The third-order valence-corrected chi connectivity index (χ3v) is 9.21. The zero-order valence-corrected chi connectivity index (χ0v) is 29.4. The van der Waals surface area contributed by atoms with E-state index in [-0.39, 0.29) is 25.2 Å². The van der Waals surface area contributed by atoms with Crippen LogP contribution in [0.2, 0.25) is 0 Å². The number of hydrogen-bond acceptors (Lipinski definition) is 7. The molecule has 4 atom stereocenters. The van der Waals surface area contributed by atoms with Gasteiger partial charge in [-0.25, -0.2) is 0 Å². The summed E-state index contributed by atoms with van der Waals surface area (Å²) in [5, 5.41) is 23.8. The molecule has 10 nitrogen and oxygen atoms in total. The number of Topliss-reactive ketones (excluding diaryl/α,β-unsaturated/α-hetero) is 2. The lowest BCUT2D eigenvalue weighted by molar-refractivity contribution is -0.158. The number of carboxylic acid groups (broad SMARTS) is 1. The number of carbonyl (C=O) groups is 5. The Kier molecular flexibility index (Phi) is 18.0. The number of aliphatic carboxylic acids is 1. The molecule has 1 aromatic rings. The van der Waals surface area contributed by atoms with Gasteiger partial charge < -0.3 is 25.2 Å². The lowest BCUT2D eigenvalue weighted by Crippen LogP contribution is -2.54. The van der Waals surface area contributed by atoms with E-state index < -0.39 is 47.8 Å². The van der Waals surface area contributed by atoms with Crippen LogP contribution in [0.1, 0.15) is 123 Å². The largest absolute Gasteiger partial charge is 0.481 e. The van der Waals surface area contributed by atoms with Crippen molar-refractivity contribution >= 4 is 29.4 Å². The molecule has 0 bridgehead atoms. The van der Waals surface area contributed by atoms with Gasteiger partial charge in [-0.05, 0) is 50.3 Å². The van der Waals surface area contributed by atoms with Crippen molar-refractivity contribution in [3.63, 3.8) is 0 Å². The fourth-order valence-electron chi connectivity index (χ4n) is 6.46. The second-order valence-corrected chi connectivity index (χ2v) is 12.9. The third kappa shape index (κ3) is 12.7. The second-order valence-electron chi connectivity index (χ2n) is 12.9. The number of amides is 2. The maximum atomic E-state index is 13.9. The lowest BCUT2D eigenvalue weighted by atomic mass is 9.80. The molecule has 1 heterocycles. The van der Waals surface area contributed by atoms with E-state index >= 15 is 0 Å². The zero-order valence-electron chi connectivity index (χ0n) is 29.4. The van der Waals surface area contributed by atoms with Crippen LogP contribution in [0.25, 0.3) is 0 Å². The summed E-state index contributed by atoms with van der Waals surface area (Å²) < 4.78 is 5.55. The number of nitrogens with one attached hydrogen (secondary N) is 1. The van der Waals surface area contributed by atoms with Crippen LogP contribution >= 0.6 is 0 Å². The molecule has 1 saturated heterocycles. The van der Waals surface area contributed by atoms with E-state index in [1.165, 1.54) is 31.2 Å². The average molecular weight is 669 g/mol. The van der Waals surface area contributed by atoms with Crippen LogP contribution in [0.4, 0.5) is 0 Å². The maximum absolute atomic E-state index is 13.9. The lowest BCUT2D eigenvalue weighted by Gasteiger charge is -2.30. The number of likely N-dealkylation sites (N-methyl/N-ethyl adjacent to an activating group) is 1. The van der Waals surface area contributed by atoms with E-state index in [9.17, 15) is 34.2 Å². The van der Waals surface area contributed by atoms with Crippen LogP contribution in [0.15, 0.2) is 24.3 Å². The van der Waals surface area contributed by atoms with Gasteiger partial charge in [-0.1, -0.05) is 83.3 Å². The van der Waals surface area contributed by atoms with Crippen LogP contribution in [0.3, 0.4) is 0 Å². The quantitative estimate of drug-likeness (QED) is 0.0977. The topological polar surface area (TPSA) is 150 Å². The number of carboxylic acids is 1. The number of unbranched alkanes of at least 4 members (excludes halogenated alkanes) is 8. The summed E-state index contributed by atoms with van der Waals surface area (Å²) in [5.74, 6) is 1.96. The van der Waals surface area contributed by atoms with Gasteiger partial charge in [-0.3, -0.25) is 24.0 Å². The molecular formula is C38H56N2O8. The van der Waals surface area contributed by atoms with Crippen molar-refractivity contribution < 1.29 is 38.9 Å². The Balaban J connectivity index is 2.04. The highest BCUT2D eigenvalue weighted by atomic mass is 16.5. The van der Waals surface area contributed by atoms with Gasteiger partial charge in [0.1, 0.15) is 18.1 Å². The summed E-state index contributed by atoms with van der Waals surface area (Å²) in [6.45, 7) is 5.83. The van der Waals surface area contributed by atoms with Crippen molar-refractivity contribution in [1.82, 2.24) is 10.2 Å². The third-order valence-electron chi connectivity index (χ3n) is 9.21. The maximum Gasteiger partial charge on any atom is 0.306 e. The minimum absolute atomic E-state index is 0.151. The number of benzene rings is 1. The SMILES string of the molecule is CC#CCOc1ccc(C[C@H](NC(=O)[C@H]2C(CCCCCCCC(=O)CCCCCCC)N(C)C(=O)[C@]2(O)CC(=O)O)C(=O)CC)cc1. The van der Waals surface area contributed by atoms with Gasteiger partial charge in [0.15, 0.2) is 11.4 Å². The first kappa shape index (κ1) is 40.5. The first-order valence-electron chi connectivity index (χ1n) is 17.7. The van der Waals surface area contributed by atoms with E-state index in [2.05, 4.69) is 24.1 Å². The van der Waals surface area contributed by atoms with Gasteiger partial charge >= 0.3 is 5.97 Å². The highest BCUT2D eigenvalue weighted by Gasteiger charge is 2.61. The Bertz CT molecular complexity index is 1270. The highest BCUT2D eigenvalue weighted by molar-refractivity contribution is 6.00. The smallest absolute Gasteiger partial charge is 0.306 e. The first-order valence-corrected chi connectivity index (χ1v) is 17.7. The predicted molar refractivity (Wildman–Crippen MR) is 184 cm³/mol. The number of aliphatic hydroxyl groups is 1. The van der Waals surface area contributed by atoms with Gasteiger partial charge in [0.05, 0.1) is 18.4 Å². The van der Waals surface area contributed by atoms with E-state index in [4.69, 9.17) is 4.74 Å². The fraction of sp³-hybridized carbons (Fsp3) is 0.658. The first-order chi connectivity index (χ1) is 23.0. The van der Waals surface area contributed by atoms with E-state index in [0.29, 0.717) is 37.2 Å². The molecule has 0 aliphatic carbocycles. The molecule has 48 heavy (non-hydrogen) atoms. The number of hydrogen-bond donors (Lipinski definition) is 3. The standard InChI is InChI=1S/C38H56N2O8/c1-5-8-10-12-15-18-29(41)19-16-13-11-14-17-20-32-35(38(47,27-34(43)44)37(46)40(32)4)36(45)39-31(33(42)7-3)26-28-21-23-30(24-22-28)48-25-9-6-2/h21-24,31-32,35,47H,5,7-8,10-20,25-27H2,1-4H3,(H,39,45)(H,43,44)/t31-,32?,35+,38-/m0/s1. The predicted octanol–water partition coefficient (Wildman–Crippen LogP) is 5.42. The van der Waals surface area contributed by atoms with Crippen LogP contribution in [0, 0.1) is 17.8 Å². The van der Waals surface area contributed by atoms with Gasteiger partial charge in [-0.2, -0.15) is 0 Å². The van der Waals surface area contributed by atoms with Crippen molar-refractivity contribution in [2.75, 3.05) is 13.7 Å². The molecule has 1 aliphatic rings. The monoisotopic (exact) mass is 668 g/mol. The molecule has 10 heteroatoms. The molecule has 2 amide bonds. The summed E-state index contributed by atoms with van der Waals surface area (Å²) >= 11 is 0. The van der Waals surface area contributed by atoms with Crippen molar-refractivity contribution in [1.29, 1.82) is 0 Å². The van der Waals surface area contributed by atoms with Crippen molar-refractivity contribution in [2.24, 2.45) is 5.92 Å². The normalized spacial score (nSPS) is 19.4. The van der Waals surface area contributed by atoms with Gasteiger partial charge in [0.2, 0.25) is 5.91 Å². The van der Waals surface area contributed by atoms with Gasteiger partial charge in [0, 0.05) is 32.4 Å². The molecule has 2 rings (SSSR count). The number of carbonyl (C=O) groups excluding carboxylic acids is 4. The molecule has 0 saturated carbocycles. The number of ether oxygens (including phenoxy) is 1. The summed E-state index contributed by atoms with van der Waals surface area (Å²) in [7, 11) is 1.48. The minimum atomic E-state index is -2.44. The molecule has 1 aliphatic heterocycles. The summed E-state index contributed by atoms with van der Waals surface area (Å²) in [6.07, 6.45) is 10.7. The Morgan fingerprint density at radius 1 is 0.958 bits per heavy atom. The van der Waals surface area contributed by atoms with E-state index in [0.717, 1.165) is 44.1 Å². The number of ketones is 2. The number of nitrogens with zero attached hydrogens (tertiary/aromatic N) is 1. The Hall–Kier alpha value is -3.71. The Morgan fingerprint density at radius 3 is 2.15 bits per heavy atom. The van der Waals surface area contributed by atoms with E-state index in [1.54, 1.807) is 38.1 Å². The number of rotatable bonds is 24. The van der Waals surface area contributed by atoms with Crippen LogP contribution in [-0.4, -0.2) is 75.8 Å². The zero-order chi connectivity index (χ0) is 35.5. The van der Waals surface area contributed by atoms with Crippen LogP contribution < -0.4 is 10.1 Å². The highest BCUT2D eigenvalue weighted by Crippen LogP contribution is 2.39. The summed E-state index contributed by atoms with van der Waals surface area (Å²) in [4.78, 5) is 65.3. The fourth-order valence-corrected chi connectivity index (χ4v) is 6.46. The minimum Gasteiger partial charge on any atom is -0.481 e. The second kappa shape index (κ2) is 21.3. The molecule has 3 N–H and O–H groups in total. The molecule has 1 unspecified atom stereocenters. The molecule has 266 valence electrons. The van der Waals surface area contributed by atoms with Gasteiger partial charge in [-0.15, -0.1) is 5.92 Å². The number of likely N-dealkylation sites (tertiary alicyclic amines) is 1. The summed E-state index contributed by atoms with van der Waals surface area (Å²) in [6, 6.07) is 5.41. The average Bonchev–Trinajstić information content (AvgIpc) is 3.23. The molecule has 0 spiro atoms. The van der Waals surface area contributed by atoms with E-state index in [1.807, 2.05) is 0 Å². The molecule has 1 fully saturated rings. The van der Waals surface area contributed by atoms with Crippen molar-refractivity contribution in [3.05, 3.63) is 29.8 Å². The van der Waals surface area contributed by atoms with Crippen LogP contribution in [-0.2, 0) is 30.4 Å². The summed E-state index contributed by atoms with van der Waals surface area (Å²) in [5.41, 5.74) is -1.67. The molecule has 1 aromatic carbocycles. The Morgan fingerprint density at radius 2 is 1.56 bits per heavy atom.